The number of carbonyl (C=O) groups is 1. The molecule has 4 nitrogen and oxygen atoms in total. The molecular formula is C10H11FN2O2. The van der Waals surface area contributed by atoms with Crippen molar-refractivity contribution in [3.8, 4) is 0 Å². The molecule has 1 rings (SSSR count). The molecule has 0 aromatic carbocycles. The summed E-state index contributed by atoms with van der Waals surface area (Å²) < 4.78 is 17.6. The smallest absolute Gasteiger partial charge is 0.367 e. The normalized spacial score (nSPS) is 11.3. The number of carbonyl (C=O) groups excluding carboxylic acids is 1. The van der Waals surface area contributed by atoms with Crippen molar-refractivity contribution in [2.24, 2.45) is 0 Å². The Balaban J connectivity index is 2.82. The highest BCUT2D eigenvalue weighted by Gasteiger charge is 2.09. The van der Waals surface area contributed by atoms with Crippen LogP contribution in [0.1, 0.15) is 18.3 Å². The van der Waals surface area contributed by atoms with E-state index in [0.717, 1.165) is 6.08 Å². The van der Waals surface area contributed by atoms with E-state index in [4.69, 9.17) is 0 Å². The van der Waals surface area contributed by atoms with Gasteiger partial charge in [0, 0.05) is 12.3 Å². The zero-order valence-corrected chi connectivity index (χ0v) is 8.53. The zero-order valence-electron chi connectivity index (χ0n) is 8.53. The van der Waals surface area contributed by atoms with Crippen molar-refractivity contribution in [1.29, 1.82) is 0 Å². The molecule has 0 radical (unpaired) electrons. The molecule has 0 saturated carbocycles. The van der Waals surface area contributed by atoms with Crippen molar-refractivity contribution >= 4 is 12.0 Å². The Bertz CT molecular complexity index is 391. The zero-order chi connectivity index (χ0) is 11.3. The van der Waals surface area contributed by atoms with Crippen molar-refractivity contribution in [2.45, 2.75) is 13.8 Å². The molecule has 0 aliphatic carbocycles. The first-order valence-electron chi connectivity index (χ1n) is 4.46. The summed E-state index contributed by atoms with van der Waals surface area (Å²) in [4.78, 5) is 18.7. The third kappa shape index (κ3) is 3.46. The predicted octanol–water partition coefficient (Wildman–Crippen LogP) is 1.66. The second kappa shape index (κ2) is 5.19. The minimum absolute atomic E-state index is 0.138. The lowest BCUT2D eigenvalue weighted by atomic mass is 10.3. The number of aryl methyl sites for hydroxylation is 1. The Kier molecular flexibility index (Phi) is 3.91. The van der Waals surface area contributed by atoms with Gasteiger partial charge in [-0.05, 0) is 13.8 Å². The first kappa shape index (κ1) is 11.3. The van der Waals surface area contributed by atoms with Crippen molar-refractivity contribution in [3.05, 3.63) is 29.6 Å². The fourth-order valence-corrected chi connectivity index (χ4v) is 0.941. The molecule has 0 spiro atoms. The summed E-state index contributed by atoms with van der Waals surface area (Å²) >= 11 is 0. The van der Waals surface area contributed by atoms with E-state index in [0.29, 0.717) is 11.4 Å². The Labute approximate surface area is 86.8 Å². The van der Waals surface area contributed by atoms with Crippen molar-refractivity contribution in [2.75, 3.05) is 6.61 Å². The Morgan fingerprint density at radius 2 is 2.33 bits per heavy atom. The molecule has 0 bridgehead atoms. The van der Waals surface area contributed by atoms with E-state index in [2.05, 4.69) is 14.7 Å². The summed E-state index contributed by atoms with van der Waals surface area (Å²) in [5.74, 6) is -1.96. The van der Waals surface area contributed by atoms with E-state index in [1.165, 1.54) is 6.20 Å². The van der Waals surface area contributed by atoms with Crippen molar-refractivity contribution < 1.29 is 13.9 Å². The second-order valence-electron chi connectivity index (χ2n) is 2.80. The Hall–Kier alpha value is -1.78. The summed E-state index contributed by atoms with van der Waals surface area (Å²) in [7, 11) is 0. The lowest BCUT2D eigenvalue weighted by Gasteiger charge is -1.98. The molecule has 0 atom stereocenters. The number of halogens is 1. The molecule has 0 N–H and O–H groups in total. The second-order valence-corrected chi connectivity index (χ2v) is 2.80. The fraction of sp³-hybridized carbons (Fsp3) is 0.300. The van der Waals surface area contributed by atoms with E-state index < -0.39 is 11.8 Å². The average Bonchev–Trinajstić information content (AvgIpc) is 2.18. The number of nitrogens with zero attached hydrogens (tertiary/aromatic N) is 2. The van der Waals surface area contributed by atoms with Gasteiger partial charge in [0.05, 0.1) is 24.2 Å². The summed E-state index contributed by atoms with van der Waals surface area (Å²) in [5, 5.41) is 0. The van der Waals surface area contributed by atoms with E-state index in [-0.39, 0.29) is 6.61 Å². The Morgan fingerprint density at radius 1 is 1.60 bits per heavy atom. The van der Waals surface area contributed by atoms with Crippen LogP contribution in [0.3, 0.4) is 0 Å². The summed E-state index contributed by atoms with van der Waals surface area (Å²) in [5.41, 5.74) is 0.945. The third-order valence-electron chi connectivity index (χ3n) is 1.52. The first-order valence-corrected chi connectivity index (χ1v) is 4.46. The van der Waals surface area contributed by atoms with Gasteiger partial charge in [-0.15, -0.1) is 0 Å². The van der Waals surface area contributed by atoms with E-state index in [1.54, 1.807) is 20.0 Å². The maximum atomic E-state index is 13.1. The third-order valence-corrected chi connectivity index (χ3v) is 1.52. The van der Waals surface area contributed by atoms with Gasteiger partial charge in [0.25, 0.3) is 0 Å². The standard InChI is InChI=1S/C10H11FN2O2/c1-3-15-10(14)9(11)4-8-6-12-5-7(2)13-8/h4-6H,3H2,1-2H3/b9-4+. The van der Waals surface area contributed by atoms with Gasteiger partial charge in [0.1, 0.15) is 0 Å². The Morgan fingerprint density at radius 3 is 2.93 bits per heavy atom. The molecule has 0 aliphatic rings. The highest BCUT2D eigenvalue weighted by atomic mass is 19.1. The highest BCUT2D eigenvalue weighted by molar-refractivity contribution is 5.90. The SMILES string of the molecule is CCOC(=O)/C(F)=C\c1cncc(C)n1. The number of hydrogen-bond donors (Lipinski definition) is 0. The monoisotopic (exact) mass is 210 g/mol. The number of ether oxygens (including phenoxy) is 1. The van der Waals surface area contributed by atoms with Gasteiger partial charge in [-0.1, -0.05) is 0 Å². The van der Waals surface area contributed by atoms with Gasteiger partial charge in [0.15, 0.2) is 0 Å². The molecule has 0 saturated heterocycles. The maximum Gasteiger partial charge on any atom is 0.367 e. The average molecular weight is 210 g/mol. The summed E-state index contributed by atoms with van der Waals surface area (Å²) in [6, 6.07) is 0. The molecule has 0 amide bonds. The largest absolute Gasteiger partial charge is 0.461 e. The van der Waals surface area contributed by atoms with Crippen LogP contribution in [0.25, 0.3) is 6.08 Å². The van der Waals surface area contributed by atoms with Gasteiger partial charge >= 0.3 is 5.97 Å². The van der Waals surface area contributed by atoms with Gasteiger partial charge < -0.3 is 4.74 Å². The number of aromatic nitrogens is 2. The minimum Gasteiger partial charge on any atom is -0.461 e. The van der Waals surface area contributed by atoms with Crippen LogP contribution in [0.5, 0.6) is 0 Å². The van der Waals surface area contributed by atoms with E-state index in [1.807, 2.05) is 0 Å². The van der Waals surface area contributed by atoms with Gasteiger partial charge in [-0.2, -0.15) is 4.39 Å². The maximum absolute atomic E-state index is 13.1. The van der Waals surface area contributed by atoms with E-state index in [9.17, 15) is 9.18 Å². The molecule has 0 aliphatic heterocycles. The fourth-order valence-electron chi connectivity index (χ4n) is 0.941. The van der Waals surface area contributed by atoms with Crippen LogP contribution >= 0.6 is 0 Å². The summed E-state index contributed by atoms with van der Waals surface area (Å²) in [6.45, 7) is 3.48. The van der Waals surface area contributed by atoms with Crippen LogP contribution in [-0.2, 0) is 9.53 Å². The lowest BCUT2D eigenvalue weighted by Crippen LogP contribution is -2.04. The molecular weight excluding hydrogens is 199 g/mol. The molecule has 5 heteroatoms. The van der Waals surface area contributed by atoms with Crippen LogP contribution in [0.15, 0.2) is 18.2 Å². The summed E-state index contributed by atoms with van der Waals surface area (Å²) in [6.07, 6.45) is 3.91. The number of rotatable bonds is 3. The van der Waals surface area contributed by atoms with Crippen molar-refractivity contribution in [3.63, 3.8) is 0 Å². The number of esters is 1. The van der Waals surface area contributed by atoms with Crippen LogP contribution in [0.2, 0.25) is 0 Å². The quantitative estimate of drug-likeness (QED) is 0.562. The first-order chi connectivity index (χ1) is 7.13. The van der Waals surface area contributed by atoms with Crippen LogP contribution < -0.4 is 0 Å². The van der Waals surface area contributed by atoms with Crippen LogP contribution in [0.4, 0.5) is 4.39 Å². The van der Waals surface area contributed by atoms with Crippen LogP contribution in [-0.4, -0.2) is 22.5 Å². The molecule has 1 heterocycles. The molecule has 1 aromatic heterocycles. The van der Waals surface area contributed by atoms with Crippen LogP contribution in [0, 0.1) is 6.92 Å². The number of hydrogen-bond acceptors (Lipinski definition) is 4. The van der Waals surface area contributed by atoms with E-state index >= 15 is 0 Å². The van der Waals surface area contributed by atoms with Gasteiger partial charge in [-0.3, -0.25) is 9.97 Å². The topological polar surface area (TPSA) is 52.1 Å². The van der Waals surface area contributed by atoms with Crippen molar-refractivity contribution in [1.82, 2.24) is 9.97 Å². The molecule has 0 fully saturated rings. The molecule has 15 heavy (non-hydrogen) atoms. The lowest BCUT2D eigenvalue weighted by molar-refractivity contribution is -0.140. The molecule has 1 aromatic rings. The molecule has 80 valence electrons. The van der Waals surface area contributed by atoms with Gasteiger partial charge in [0.2, 0.25) is 5.83 Å². The van der Waals surface area contributed by atoms with Gasteiger partial charge in [-0.25, -0.2) is 4.79 Å². The highest BCUT2D eigenvalue weighted by Crippen LogP contribution is 2.06. The predicted molar refractivity (Wildman–Crippen MR) is 52.5 cm³/mol. The molecule has 0 unspecified atom stereocenters. The minimum atomic E-state index is -0.985.